The van der Waals surface area contributed by atoms with Gasteiger partial charge in [-0.15, -0.1) is 0 Å². The summed E-state index contributed by atoms with van der Waals surface area (Å²) in [4.78, 5) is 18.7. The minimum Gasteiger partial charge on any atom is -0.349 e. The van der Waals surface area contributed by atoms with Gasteiger partial charge in [-0.3, -0.25) is 9.78 Å². The molecule has 1 aromatic carbocycles. The lowest BCUT2D eigenvalue weighted by Crippen LogP contribution is -2.35. The van der Waals surface area contributed by atoms with Gasteiger partial charge >= 0.3 is 0 Å². The summed E-state index contributed by atoms with van der Waals surface area (Å²) < 4.78 is 1.13. The van der Waals surface area contributed by atoms with Gasteiger partial charge in [-0.2, -0.15) is 0 Å². The number of benzene rings is 1. The van der Waals surface area contributed by atoms with Crippen LogP contribution >= 0.6 is 22.6 Å². The lowest BCUT2D eigenvalue weighted by molar-refractivity contribution is 0.0944. The maximum absolute atomic E-state index is 12.2. The highest BCUT2D eigenvalue weighted by Gasteiger charge is 2.09. The molecule has 0 fully saturated rings. The topological polar surface area (TPSA) is 45.2 Å². The Kier molecular flexibility index (Phi) is 5.93. The van der Waals surface area contributed by atoms with Crippen molar-refractivity contribution in [2.75, 3.05) is 26.2 Å². The third kappa shape index (κ3) is 4.14. The molecule has 0 bridgehead atoms. The van der Waals surface area contributed by atoms with Crippen molar-refractivity contribution in [2.45, 2.75) is 13.8 Å². The summed E-state index contributed by atoms with van der Waals surface area (Å²) in [6.45, 7) is 7.75. The molecule has 1 N–H and O–H groups in total. The maximum Gasteiger partial charge on any atom is 0.269 e. The van der Waals surface area contributed by atoms with Crippen LogP contribution in [0.4, 0.5) is 0 Å². The van der Waals surface area contributed by atoms with E-state index >= 15 is 0 Å². The number of carbonyl (C=O) groups excluding carboxylic acids is 1. The molecule has 2 rings (SSSR count). The van der Waals surface area contributed by atoms with Gasteiger partial charge in [0.25, 0.3) is 5.91 Å². The number of carbonyl (C=O) groups is 1. The van der Waals surface area contributed by atoms with Crippen LogP contribution in [0.15, 0.2) is 30.5 Å². The molecule has 21 heavy (non-hydrogen) atoms. The second kappa shape index (κ2) is 7.70. The fourth-order valence-corrected chi connectivity index (χ4v) is 2.89. The number of amides is 1. The first-order chi connectivity index (χ1) is 10.2. The number of hydrogen-bond acceptors (Lipinski definition) is 3. The molecule has 0 atom stereocenters. The van der Waals surface area contributed by atoms with Crippen molar-refractivity contribution in [3.8, 4) is 0 Å². The van der Waals surface area contributed by atoms with E-state index in [9.17, 15) is 4.79 Å². The molecule has 0 saturated carbocycles. The van der Waals surface area contributed by atoms with Crippen LogP contribution in [0.1, 0.15) is 24.3 Å². The van der Waals surface area contributed by atoms with E-state index in [1.807, 2.05) is 24.3 Å². The highest BCUT2D eigenvalue weighted by Crippen LogP contribution is 2.20. The van der Waals surface area contributed by atoms with Gasteiger partial charge in [-0.05, 0) is 53.2 Å². The predicted octanol–water partition coefficient (Wildman–Crippen LogP) is 2.91. The number of halogens is 1. The van der Waals surface area contributed by atoms with Crippen LogP contribution in [0.5, 0.6) is 0 Å². The molecule has 0 aliphatic heterocycles. The monoisotopic (exact) mass is 397 g/mol. The van der Waals surface area contributed by atoms with Gasteiger partial charge in [0.1, 0.15) is 5.69 Å². The van der Waals surface area contributed by atoms with E-state index in [2.05, 4.69) is 51.6 Å². The van der Waals surface area contributed by atoms with Crippen LogP contribution in [0.3, 0.4) is 0 Å². The minimum atomic E-state index is -0.108. The molecule has 0 aliphatic carbocycles. The molecule has 0 unspecified atom stereocenters. The maximum atomic E-state index is 12.2. The van der Waals surface area contributed by atoms with Crippen LogP contribution in [0.25, 0.3) is 10.8 Å². The summed E-state index contributed by atoms with van der Waals surface area (Å²) >= 11 is 2.28. The molecule has 112 valence electrons. The SMILES string of the molecule is CCN(CC)CCNC(=O)c1cc2c(I)cccc2cn1. The van der Waals surface area contributed by atoms with Crippen LogP contribution in [0.2, 0.25) is 0 Å². The number of fused-ring (bicyclic) bond motifs is 1. The lowest BCUT2D eigenvalue weighted by atomic mass is 10.1. The zero-order valence-electron chi connectivity index (χ0n) is 12.4. The molecular weight excluding hydrogens is 377 g/mol. The van der Waals surface area contributed by atoms with Crippen molar-refractivity contribution in [2.24, 2.45) is 0 Å². The number of nitrogens with zero attached hydrogens (tertiary/aromatic N) is 2. The molecular formula is C16H20IN3O. The third-order valence-electron chi connectivity index (χ3n) is 3.55. The number of nitrogens with one attached hydrogen (secondary N) is 1. The fraction of sp³-hybridized carbons (Fsp3) is 0.375. The van der Waals surface area contributed by atoms with Crippen LogP contribution in [-0.2, 0) is 0 Å². The van der Waals surface area contributed by atoms with E-state index < -0.39 is 0 Å². The predicted molar refractivity (Wildman–Crippen MR) is 94.6 cm³/mol. The van der Waals surface area contributed by atoms with E-state index in [0.717, 1.165) is 34.0 Å². The summed E-state index contributed by atoms with van der Waals surface area (Å²) in [5.74, 6) is -0.108. The Morgan fingerprint density at radius 3 is 2.81 bits per heavy atom. The molecule has 0 saturated heterocycles. The van der Waals surface area contributed by atoms with Crippen LogP contribution < -0.4 is 5.32 Å². The van der Waals surface area contributed by atoms with E-state index in [0.29, 0.717) is 12.2 Å². The third-order valence-corrected chi connectivity index (χ3v) is 4.49. The van der Waals surface area contributed by atoms with Gasteiger partial charge in [-0.1, -0.05) is 26.0 Å². The van der Waals surface area contributed by atoms with E-state index in [-0.39, 0.29) is 5.91 Å². The number of likely N-dealkylation sites (N-methyl/N-ethyl adjacent to an activating group) is 1. The molecule has 0 spiro atoms. The number of aromatic nitrogens is 1. The van der Waals surface area contributed by atoms with Crippen molar-refractivity contribution in [3.63, 3.8) is 0 Å². The van der Waals surface area contributed by atoms with Gasteiger partial charge in [-0.25, -0.2) is 0 Å². The zero-order valence-corrected chi connectivity index (χ0v) is 14.6. The molecule has 2 aromatic rings. The molecule has 0 radical (unpaired) electrons. The normalized spacial score (nSPS) is 11.0. The summed E-state index contributed by atoms with van der Waals surface area (Å²) in [6, 6.07) is 7.90. The summed E-state index contributed by atoms with van der Waals surface area (Å²) in [6.07, 6.45) is 1.76. The number of pyridine rings is 1. The Labute approximate surface area is 139 Å². The van der Waals surface area contributed by atoms with E-state index in [1.54, 1.807) is 6.20 Å². The molecule has 4 nitrogen and oxygen atoms in total. The molecule has 1 heterocycles. The van der Waals surface area contributed by atoms with Gasteiger partial charge < -0.3 is 10.2 Å². The quantitative estimate of drug-likeness (QED) is 0.763. The summed E-state index contributed by atoms with van der Waals surface area (Å²) in [5.41, 5.74) is 0.478. The highest BCUT2D eigenvalue weighted by atomic mass is 127. The summed E-state index contributed by atoms with van der Waals surface area (Å²) in [7, 11) is 0. The van der Waals surface area contributed by atoms with Crippen molar-refractivity contribution >= 4 is 39.3 Å². The van der Waals surface area contributed by atoms with Crippen LogP contribution in [0, 0.1) is 3.57 Å². The first-order valence-corrected chi connectivity index (χ1v) is 8.28. The Balaban J connectivity index is 2.04. The Bertz CT molecular complexity index is 626. The van der Waals surface area contributed by atoms with E-state index in [1.165, 1.54) is 0 Å². The van der Waals surface area contributed by atoms with Gasteiger partial charge in [0.05, 0.1) is 0 Å². The smallest absolute Gasteiger partial charge is 0.269 e. The Morgan fingerprint density at radius 2 is 2.10 bits per heavy atom. The zero-order chi connectivity index (χ0) is 15.2. The second-order valence-electron chi connectivity index (χ2n) is 4.81. The van der Waals surface area contributed by atoms with Crippen LogP contribution in [-0.4, -0.2) is 42.0 Å². The average molecular weight is 397 g/mol. The fourth-order valence-electron chi connectivity index (χ4n) is 2.21. The number of hydrogen-bond donors (Lipinski definition) is 1. The molecule has 1 amide bonds. The average Bonchev–Trinajstić information content (AvgIpc) is 2.51. The van der Waals surface area contributed by atoms with E-state index in [4.69, 9.17) is 0 Å². The van der Waals surface area contributed by atoms with Gasteiger partial charge in [0, 0.05) is 28.2 Å². The Hall–Kier alpha value is -1.21. The number of rotatable bonds is 6. The largest absolute Gasteiger partial charge is 0.349 e. The highest BCUT2D eigenvalue weighted by molar-refractivity contribution is 14.1. The first-order valence-electron chi connectivity index (χ1n) is 7.20. The van der Waals surface area contributed by atoms with Crippen molar-refractivity contribution in [1.29, 1.82) is 0 Å². The first kappa shape index (κ1) is 16.2. The standard InChI is InChI=1S/C16H20IN3O/c1-3-20(4-2)9-8-18-16(21)15-10-13-12(11-19-15)6-5-7-14(13)17/h5-7,10-11H,3-4,8-9H2,1-2H3,(H,18,21). The molecule has 5 heteroatoms. The van der Waals surface area contributed by atoms with Gasteiger partial charge in [0.15, 0.2) is 0 Å². The van der Waals surface area contributed by atoms with Gasteiger partial charge in [0.2, 0.25) is 0 Å². The van der Waals surface area contributed by atoms with Crippen molar-refractivity contribution in [1.82, 2.24) is 15.2 Å². The van der Waals surface area contributed by atoms with Crippen molar-refractivity contribution in [3.05, 3.63) is 39.7 Å². The summed E-state index contributed by atoms with van der Waals surface area (Å²) in [5, 5.41) is 5.06. The van der Waals surface area contributed by atoms with Crippen molar-refractivity contribution < 1.29 is 4.79 Å². The molecule has 0 aliphatic rings. The second-order valence-corrected chi connectivity index (χ2v) is 5.98. The molecule has 1 aromatic heterocycles. The Morgan fingerprint density at radius 1 is 1.33 bits per heavy atom. The lowest BCUT2D eigenvalue weighted by Gasteiger charge is -2.17. The minimum absolute atomic E-state index is 0.108.